The van der Waals surface area contributed by atoms with Crippen LogP contribution < -0.4 is 0 Å². The second-order valence-corrected chi connectivity index (χ2v) is 3.44. The Bertz CT molecular complexity index is 247. The molecule has 0 saturated heterocycles. The molecular weight excluding hydrogens is 144 g/mol. The number of hydrogen-bond donors (Lipinski definition) is 0. The third-order valence-corrected chi connectivity index (χ3v) is 2.02. The second-order valence-electron chi connectivity index (χ2n) is 3.44. The van der Waals surface area contributed by atoms with Crippen LogP contribution >= 0.6 is 0 Å². The van der Waals surface area contributed by atoms with Gasteiger partial charge in [-0.25, -0.2) is 0 Å². The van der Waals surface area contributed by atoms with Crippen molar-refractivity contribution in [3.05, 3.63) is 48.1 Å². The summed E-state index contributed by atoms with van der Waals surface area (Å²) in [5.41, 5.74) is 2.60. The molecular formula is C12H16. The van der Waals surface area contributed by atoms with E-state index in [0.29, 0.717) is 5.92 Å². The summed E-state index contributed by atoms with van der Waals surface area (Å²) >= 11 is 0. The maximum absolute atomic E-state index is 4.01. The van der Waals surface area contributed by atoms with Crippen LogP contribution in [0, 0.1) is 5.92 Å². The minimum atomic E-state index is 0.518. The van der Waals surface area contributed by atoms with Crippen LogP contribution in [-0.2, 0) is 0 Å². The van der Waals surface area contributed by atoms with Gasteiger partial charge in [-0.1, -0.05) is 42.5 Å². The lowest BCUT2D eigenvalue weighted by Gasteiger charge is -2.13. The molecule has 0 spiro atoms. The molecule has 0 fully saturated rings. The Morgan fingerprint density at radius 3 is 2.83 bits per heavy atom. The van der Waals surface area contributed by atoms with Crippen molar-refractivity contribution >= 4 is 0 Å². The maximum Gasteiger partial charge on any atom is 0.00498 e. The maximum atomic E-state index is 4.01. The lowest BCUT2D eigenvalue weighted by atomic mass is 9.92. The number of allylic oxidation sites excluding steroid dienone is 7. The van der Waals surface area contributed by atoms with Crippen molar-refractivity contribution in [2.75, 3.05) is 0 Å². The summed E-state index contributed by atoms with van der Waals surface area (Å²) in [5, 5.41) is 0. The molecule has 0 aromatic rings. The average Bonchev–Trinajstić information content (AvgIpc) is 2.03. The molecule has 1 aliphatic rings. The summed E-state index contributed by atoms with van der Waals surface area (Å²) in [4.78, 5) is 0. The third kappa shape index (κ3) is 2.54. The smallest absolute Gasteiger partial charge is 0.00498 e. The van der Waals surface area contributed by atoms with Crippen molar-refractivity contribution in [2.24, 2.45) is 5.92 Å². The Morgan fingerprint density at radius 2 is 2.25 bits per heavy atom. The zero-order valence-corrected chi connectivity index (χ0v) is 7.88. The van der Waals surface area contributed by atoms with Crippen LogP contribution in [0.5, 0.6) is 0 Å². The van der Waals surface area contributed by atoms with Crippen molar-refractivity contribution in [3.8, 4) is 0 Å². The van der Waals surface area contributed by atoms with Gasteiger partial charge in [0.15, 0.2) is 0 Å². The summed E-state index contributed by atoms with van der Waals surface area (Å²) < 4.78 is 0. The second kappa shape index (κ2) is 4.10. The van der Waals surface area contributed by atoms with E-state index in [1.807, 2.05) is 6.08 Å². The largest absolute Gasteiger partial charge is 0.0952 e. The summed E-state index contributed by atoms with van der Waals surface area (Å²) in [7, 11) is 0. The van der Waals surface area contributed by atoms with E-state index in [-0.39, 0.29) is 0 Å². The van der Waals surface area contributed by atoms with Crippen LogP contribution in [-0.4, -0.2) is 0 Å². The lowest BCUT2D eigenvalue weighted by molar-refractivity contribution is 0.788. The van der Waals surface area contributed by atoms with E-state index in [2.05, 4.69) is 44.7 Å². The molecule has 0 bridgehead atoms. The minimum Gasteiger partial charge on any atom is -0.0952 e. The van der Waals surface area contributed by atoms with Gasteiger partial charge in [0.1, 0.15) is 0 Å². The molecule has 0 heteroatoms. The monoisotopic (exact) mass is 160 g/mol. The Hall–Kier alpha value is -1.04. The van der Waals surface area contributed by atoms with Gasteiger partial charge in [0, 0.05) is 5.92 Å². The summed E-state index contributed by atoms with van der Waals surface area (Å²) in [5.74, 6) is 0.518. The highest BCUT2D eigenvalue weighted by molar-refractivity contribution is 5.31. The summed E-state index contributed by atoms with van der Waals surface area (Å²) in [6, 6.07) is 0. The van der Waals surface area contributed by atoms with Gasteiger partial charge >= 0.3 is 0 Å². The molecule has 64 valence electrons. The number of hydrogen-bond acceptors (Lipinski definition) is 0. The topological polar surface area (TPSA) is 0 Å². The standard InChI is InChI=1S/C12H16/c1-10(2)8-9-12-7-5-4-6-11(12)3/h4-8,12H,3,9H2,1-2H3. The molecule has 0 aromatic heterocycles. The van der Waals surface area contributed by atoms with E-state index in [9.17, 15) is 0 Å². The average molecular weight is 160 g/mol. The molecule has 0 amide bonds. The van der Waals surface area contributed by atoms with E-state index in [4.69, 9.17) is 0 Å². The van der Waals surface area contributed by atoms with Crippen LogP contribution in [0.3, 0.4) is 0 Å². The van der Waals surface area contributed by atoms with Crippen LogP contribution in [0.15, 0.2) is 48.1 Å². The quantitative estimate of drug-likeness (QED) is 0.541. The highest BCUT2D eigenvalue weighted by Crippen LogP contribution is 2.21. The first-order valence-corrected chi connectivity index (χ1v) is 4.37. The highest BCUT2D eigenvalue weighted by Gasteiger charge is 2.06. The van der Waals surface area contributed by atoms with Gasteiger partial charge in [-0.05, 0) is 25.8 Å². The van der Waals surface area contributed by atoms with Crippen LogP contribution in [0.1, 0.15) is 20.3 Å². The molecule has 0 heterocycles. The Morgan fingerprint density at radius 1 is 1.50 bits per heavy atom. The Kier molecular flexibility index (Phi) is 3.09. The Balaban J connectivity index is 2.54. The molecule has 0 radical (unpaired) electrons. The van der Waals surface area contributed by atoms with Gasteiger partial charge in [0.25, 0.3) is 0 Å². The fraction of sp³-hybridized carbons (Fsp3) is 0.333. The van der Waals surface area contributed by atoms with E-state index < -0.39 is 0 Å². The van der Waals surface area contributed by atoms with E-state index in [1.54, 1.807) is 0 Å². The lowest BCUT2D eigenvalue weighted by Crippen LogP contribution is -1.99. The third-order valence-electron chi connectivity index (χ3n) is 2.02. The summed E-state index contributed by atoms with van der Waals surface area (Å²) in [6.45, 7) is 8.27. The predicted molar refractivity (Wildman–Crippen MR) is 55.0 cm³/mol. The molecule has 0 aliphatic heterocycles. The van der Waals surface area contributed by atoms with Gasteiger partial charge < -0.3 is 0 Å². The van der Waals surface area contributed by atoms with Crippen LogP contribution in [0.4, 0.5) is 0 Å². The van der Waals surface area contributed by atoms with Gasteiger partial charge in [0.05, 0.1) is 0 Å². The predicted octanol–water partition coefficient (Wildman–Crippen LogP) is 3.64. The summed E-state index contributed by atoms with van der Waals surface area (Å²) in [6.07, 6.45) is 11.8. The molecule has 1 unspecified atom stereocenters. The molecule has 0 aromatic carbocycles. The van der Waals surface area contributed by atoms with Crippen LogP contribution in [0.25, 0.3) is 0 Å². The van der Waals surface area contributed by atoms with Gasteiger partial charge in [-0.15, -0.1) is 0 Å². The molecule has 1 aliphatic carbocycles. The van der Waals surface area contributed by atoms with Crippen molar-refractivity contribution in [1.82, 2.24) is 0 Å². The Labute approximate surface area is 75.0 Å². The molecule has 0 N–H and O–H groups in total. The molecule has 0 nitrogen and oxygen atoms in total. The van der Waals surface area contributed by atoms with Crippen molar-refractivity contribution in [2.45, 2.75) is 20.3 Å². The van der Waals surface area contributed by atoms with Crippen molar-refractivity contribution in [3.63, 3.8) is 0 Å². The first-order valence-electron chi connectivity index (χ1n) is 4.37. The van der Waals surface area contributed by atoms with Crippen molar-refractivity contribution in [1.29, 1.82) is 0 Å². The van der Waals surface area contributed by atoms with E-state index in [1.165, 1.54) is 11.1 Å². The first-order chi connectivity index (χ1) is 5.70. The fourth-order valence-electron chi connectivity index (χ4n) is 1.22. The molecule has 12 heavy (non-hydrogen) atoms. The van der Waals surface area contributed by atoms with E-state index >= 15 is 0 Å². The normalized spacial score (nSPS) is 21.2. The minimum absolute atomic E-state index is 0.518. The number of rotatable bonds is 2. The first kappa shape index (κ1) is 9.05. The molecule has 1 rings (SSSR count). The van der Waals surface area contributed by atoms with Gasteiger partial charge in [0.2, 0.25) is 0 Å². The van der Waals surface area contributed by atoms with Gasteiger partial charge in [-0.2, -0.15) is 0 Å². The van der Waals surface area contributed by atoms with Crippen molar-refractivity contribution < 1.29 is 0 Å². The molecule has 0 saturated carbocycles. The zero-order chi connectivity index (χ0) is 8.97. The van der Waals surface area contributed by atoms with Crippen LogP contribution in [0.2, 0.25) is 0 Å². The van der Waals surface area contributed by atoms with Gasteiger partial charge in [-0.3, -0.25) is 0 Å². The zero-order valence-electron chi connectivity index (χ0n) is 7.88. The van der Waals surface area contributed by atoms with E-state index in [0.717, 1.165) is 6.42 Å². The fourth-order valence-corrected chi connectivity index (χ4v) is 1.22. The molecule has 1 atom stereocenters. The SMILES string of the molecule is C=C1C=CC=CC1CC=C(C)C. The highest BCUT2D eigenvalue weighted by atomic mass is 14.1.